The molecule has 9 nitrogen and oxygen atoms in total. The van der Waals surface area contributed by atoms with Gasteiger partial charge in [0.05, 0.1) is 11.8 Å². The van der Waals surface area contributed by atoms with Crippen LogP contribution >= 0.6 is 0 Å². The average molecular weight is 557 g/mol. The topological polar surface area (TPSA) is 131 Å². The first-order valence-corrected chi connectivity index (χ1v) is 13.7. The Morgan fingerprint density at radius 3 is 2.05 bits per heavy atom. The highest BCUT2D eigenvalue weighted by Crippen LogP contribution is 2.44. The summed E-state index contributed by atoms with van der Waals surface area (Å²) in [5.41, 5.74) is 4.00. The van der Waals surface area contributed by atoms with E-state index in [-0.39, 0.29) is 25.7 Å². The molecule has 2 amide bonds. The lowest BCUT2D eigenvalue weighted by Crippen LogP contribution is -2.53. The van der Waals surface area contributed by atoms with Crippen molar-refractivity contribution in [2.45, 2.75) is 44.2 Å². The maximum absolute atomic E-state index is 13.1. The molecule has 0 spiro atoms. The predicted molar refractivity (Wildman–Crippen MR) is 150 cm³/mol. The molecule has 0 saturated heterocycles. The molecule has 1 atom stereocenters. The lowest BCUT2D eigenvalue weighted by atomic mass is 9.69. The maximum Gasteiger partial charge on any atom is 0.407 e. The standard InChI is InChI=1S/C32H32N2O7/c35-28(40-18-21-9-2-1-3-10-21)17-27(29(36)33-20-32(30(37)38)15-8-16-32)34-31(39)41-19-26-24-13-6-4-11-22(24)23-12-5-7-14-25(23)26/h1-7,9-14,26-27H,8,15-20H2,(H,33,36)(H,34,39)(H,37,38)/t27-/m0/s1. The number of aliphatic carboxylic acids is 1. The summed E-state index contributed by atoms with van der Waals surface area (Å²) in [4.78, 5) is 50.4. The monoisotopic (exact) mass is 556 g/mol. The highest BCUT2D eigenvalue weighted by Gasteiger charge is 2.45. The van der Waals surface area contributed by atoms with Gasteiger partial charge in [-0.1, -0.05) is 85.3 Å². The Bertz CT molecular complexity index is 1390. The van der Waals surface area contributed by atoms with Crippen molar-refractivity contribution in [2.24, 2.45) is 5.41 Å². The normalized spacial score (nSPS) is 15.4. The summed E-state index contributed by atoms with van der Waals surface area (Å²) in [5, 5.41) is 14.7. The van der Waals surface area contributed by atoms with Gasteiger partial charge in [-0.3, -0.25) is 14.4 Å². The molecule has 0 aromatic heterocycles. The van der Waals surface area contributed by atoms with E-state index in [1.54, 1.807) is 12.1 Å². The van der Waals surface area contributed by atoms with E-state index in [1.807, 2.05) is 66.7 Å². The minimum absolute atomic E-state index is 0.0150. The number of amides is 2. The number of carbonyl (C=O) groups is 4. The quantitative estimate of drug-likeness (QED) is 0.299. The van der Waals surface area contributed by atoms with E-state index < -0.39 is 41.8 Å². The first kappa shape index (κ1) is 27.9. The van der Waals surface area contributed by atoms with E-state index in [0.717, 1.165) is 34.2 Å². The number of fused-ring (bicyclic) bond motifs is 3. The van der Waals surface area contributed by atoms with Crippen molar-refractivity contribution < 1.29 is 33.8 Å². The van der Waals surface area contributed by atoms with Gasteiger partial charge in [0.25, 0.3) is 0 Å². The molecular weight excluding hydrogens is 524 g/mol. The molecular formula is C32H32N2O7. The zero-order valence-corrected chi connectivity index (χ0v) is 22.5. The molecule has 9 heteroatoms. The molecule has 41 heavy (non-hydrogen) atoms. The fourth-order valence-electron chi connectivity index (χ4n) is 5.40. The van der Waals surface area contributed by atoms with Gasteiger partial charge in [-0.25, -0.2) is 4.79 Å². The smallest absolute Gasteiger partial charge is 0.407 e. The molecule has 1 saturated carbocycles. The van der Waals surface area contributed by atoms with Crippen LogP contribution in [0.4, 0.5) is 4.79 Å². The third kappa shape index (κ3) is 6.24. The van der Waals surface area contributed by atoms with Crippen LogP contribution in [0.3, 0.4) is 0 Å². The summed E-state index contributed by atoms with van der Waals surface area (Å²) in [6.45, 7) is -0.0427. The fourth-order valence-corrected chi connectivity index (χ4v) is 5.40. The molecule has 212 valence electrons. The molecule has 1 fully saturated rings. The van der Waals surface area contributed by atoms with Gasteiger partial charge in [0.15, 0.2) is 0 Å². The first-order valence-electron chi connectivity index (χ1n) is 13.7. The van der Waals surface area contributed by atoms with Gasteiger partial charge in [0.2, 0.25) is 5.91 Å². The Morgan fingerprint density at radius 1 is 0.854 bits per heavy atom. The minimum atomic E-state index is -1.31. The number of carboxylic acids is 1. The number of alkyl carbamates (subject to hydrolysis) is 1. The van der Waals surface area contributed by atoms with Crippen molar-refractivity contribution in [2.75, 3.05) is 13.2 Å². The van der Waals surface area contributed by atoms with E-state index >= 15 is 0 Å². The number of hydrogen-bond donors (Lipinski definition) is 3. The number of carbonyl (C=O) groups excluding carboxylic acids is 3. The second-order valence-corrected chi connectivity index (χ2v) is 10.5. The van der Waals surface area contributed by atoms with Gasteiger partial charge < -0.3 is 25.2 Å². The second kappa shape index (κ2) is 12.2. The van der Waals surface area contributed by atoms with Crippen LogP contribution in [0.1, 0.15) is 48.3 Å². The second-order valence-electron chi connectivity index (χ2n) is 10.5. The summed E-state index contributed by atoms with van der Waals surface area (Å²) in [7, 11) is 0. The van der Waals surface area contributed by atoms with E-state index in [0.29, 0.717) is 12.8 Å². The van der Waals surface area contributed by atoms with Gasteiger partial charge >= 0.3 is 18.0 Å². The molecule has 0 aliphatic heterocycles. The maximum atomic E-state index is 13.1. The molecule has 0 unspecified atom stereocenters. The number of hydrogen-bond acceptors (Lipinski definition) is 6. The zero-order valence-electron chi connectivity index (χ0n) is 22.5. The van der Waals surface area contributed by atoms with Crippen LogP contribution in [-0.2, 0) is 30.5 Å². The molecule has 3 N–H and O–H groups in total. The summed E-state index contributed by atoms with van der Waals surface area (Å²) >= 11 is 0. The zero-order chi connectivity index (χ0) is 28.8. The van der Waals surface area contributed by atoms with Crippen LogP contribution < -0.4 is 10.6 Å². The van der Waals surface area contributed by atoms with Gasteiger partial charge in [0.1, 0.15) is 19.3 Å². The first-order chi connectivity index (χ1) is 19.9. The fraction of sp³-hybridized carbons (Fsp3) is 0.312. The van der Waals surface area contributed by atoms with Crippen molar-refractivity contribution in [3.63, 3.8) is 0 Å². The van der Waals surface area contributed by atoms with E-state index in [9.17, 15) is 24.3 Å². The third-order valence-corrected chi connectivity index (χ3v) is 7.93. The van der Waals surface area contributed by atoms with Crippen LogP contribution in [0.15, 0.2) is 78.9 Å². The van der Waals surface area contributed by atoms with Gasteiger partial charge in [-0.05, 0) is 40.7 Å². The van der Waals surface area contributed by atoms with Gasteiger partial charge in [0, 0.05) is 12.5 Å². The molecule has 2 aliphatic carbocycles. The van der Waals surface area contributed by atoms with Crippen molar-refractivity contribution in [3.8, 4) is 11.1 Å². The number of ether oxygens (including phenoxy) is 2. The van der Waals surface area contributed by atoms with E-state index in [1.165, 1.54) is 0 Å². The Kier molecular flexibility index (Phi) is 8.33. The average Bonchev–Trinajstić information content (AvgIpc) is 3.28. The minimum Gasteiger partial charge on any atom is -0.481 e. The molecule has 5 rings (SSSR count). The molecule has 3 aromatic rings. The SMILES string of the molecule is O=C(C[C@H](NC(=O)OCC1c2ccccc2-c2ccccc21)C(=O)NCC1(C(=O)O)CCC1)OCc1ccccc1. The van der Waals surface area contributed by atoms with Crippen LogP contribution in [0.2, 0.25) is 0 Å². The molecule has 0 bridgehead atoms. The van der Waals surface area contributed by atoms with Gasteiger partial charge in [-0.15, -0.1) is 0 Å². The number of nitrogens with one attached hydrogen (secondary N) is 2. The molecule has 0 radical (unpaired) electrons. The van der Waals surface area contributed by atoms with E-state index in [2.05, 4.69) is 10.6 Å². The highest BCUT2D eigenvalue weighted by molar-refractivity contribution is 5.90. The Labute approximate surface area is 237 Å². The Balaban J connectivity index is 1.23. The van der Waals surface area contributed by atoms with Crippen molar-refractivity contribution >= 4 is 23.9 Å². The summed E-state index contributed by atoms with van der Waals surface area (Å²) in [6, 6.07) is 23.6. The van der Waals surface area contributed by atoms with Crippen molar-refractivity contribution in [1.82, 2.24) is 10.6 Å². The highest BCUT2D eigenvalue weighted by atomic mass is 16.5. The number of benzene rings is 3. The lowest BCUT2D eigenvalue weighted by Gasteiger charge is -2.37. The number of carboxylic acid groups (broad SMARTS) is 1. The summed E-state index contributed by atoms with van der Waals surface area (Å²) in [5.74, 6) is -2.52. The predicted octanol–water partition coefficient (Wildman–Crippen LogP) is 4.40. The lowest BCUT2D eigenvalue weighted by molar-refractivity contribution is -0.154. The van der Waals surface area contributed by atoms with Gasteiger partial charge in [-0.2, -0.15) is 0 Å². The molecule has 3 aromatic carbocycles. The van der Waals surface area contributed by atoms with Crippen LogP contribution in [-0.4, -0.2) is 48.2 Å². The van der Waals surface area contributed by atoms with E-state index in [4.69, 9.17) is 9.47 Å². The van der Waals surface area contributed by atoms with Crippen molar-refractivity contribution in [1.29, 1.82) is 0 Å². The summed E-state index contributed by atoms with van der Waals surface area (Å²) < 4.78 is 10.9. The summed E-state index contributed by atoms with van der Waals surface area (Å²) in [6.07, 6.45) is 0.357. The largest absolute Gasteiger partial charge is 0.481 e. The molecule has 2 aliphatic rings. The van der Waals surface area contributed by atoms with Crippen LogP contribution in [0.5, 0.6) is 0 Å². The number of rotatable bonds is 11. The van der Waals surface area contributed by atoms with Crippen molar-refractivity contribution in [3.05, 3.63) is 95.6 Å². The van der Waals surface area contributed by atoms with Crippen LogP contribution in [0, 0.1) is 5.41 Å². The van der Waals surface area contributed by atoms with Crippen LogP contribution in [0.25, 0.3) is 11.1 Å². The Morgan fingerprint density at radius 2 is 1.46 bits per heavy atom. The number of esters is 1. The third-order valence-electron chi connectivity index (χ3n) is 7.93. The Hall–Kier alpha value is -4.66. The molecule has 0 heterocycles.